The number of phenolic OH excluding ortho intramolecular Hbond substituents is 1. The quantitative estimate of drug-likeness (QED) is 0.539. The van der Waals surface area contributed by atoms with Gasteiger partial charge in [-0.25, -0.2) is 9.82 Å². The van der Waals surface area contributed by atoms with Crippen molar-refractivity contribution in [3.05, 3.63) is 82.4 Å². The van der Waals surface area contributed by atoms with Gasteiger partial charge in [0.15, 0.2) is 0 Å². The zero-order valence-corrected chi connectivity index (χ0v) is 15.3. The van der Waals surface area contributed by atoms with E-state index < -0.39 is 11.7 Å². The molecule has 0 saturated heterocycles. The predicted molar refractivity (Wildman–Crippen MR) is 103 cm³/mol. The molecule has 0 aliphatic rings. The summed E-state index contributed by atoms with van der Waals surface area (Å²) in [5.74, 6) is -1.30. The van der Waals surface area contributed by atoms with Gasteiger partial charge in [0.25, 0.3) is 5.91 Å². The van der Waals surface area contributed by atoms with Gasteiger partial charge in [0.2, 0.25) is 0 Å². The van der Waals surface area contributed by atoms with Crippen molar-refractivity contribution in [3.63, 3.8) is 0 Å². The largest absolute Gasteiger partial charge is 0.508 e. The van der Waals surface area contributed by atoms with E-state index in [1.807, 2.05) is 30.6 Å². The Morgan fingerprint density at radius 2 is 1.93 bits per heavy atom. The number of phenols is 1. The molecule has 140 valence electrons. The topological polar surface area (TPSA) is 90.4 Å². The number of hydrogen-bond donors (Lipinski definition) is 2. The number of rotatable bonds is 4. The zero-order chi connectivity index (χ0) is 20.3. The van der Waals surface area contributed by atoms with Crippen LogP contribution in [0.25, 0.3) is 5.69 Å². The van der Waals surface area contributed by atoms with Crippen LogP contribution in [0.15, 0.2) is 53.6 Å². The van der Waals surface area contributed by atoms with E-state index in [-0.39, 0.29) is 16.9 Å². The summed E-state index contributed by atoms with van der Waals surface area (Å²) in [4.78, 5) is 12.1. The Kier molecular flexibility index (Phi) is 5.23. The number of benzene rings is 2. The van der Waals surface area contributed by atoms with Crippen molar-refractivity contribution in [2.45, 2.75) is 13.8 Å². The number of nitrogens with one attached hydrogen (secondary N) is 1. The number of amides is 1. The molecule has 0 radical (unpaired) electrons. The lowest BCUT2D eigenvalue weighted by Crippen LogP contribution is -2.19. The van der Waals surface area contributed by atoms with Crippen LogP contribution in [-0.2, 0) is 0 Å². The van der Waals surface area contributed by atoms with Gasteiger partial charge in [0.1, 0.15) is 11.6 Å². The summed E-state index contributed by atoms with van der Waals surface area (Å²) in [5.41, 5.74) is 5.76. The lowest BCUT2D eigenvalue weighted by atomic mass is 10.1. The Morgan fingerprint density at radius 3 is 2.57 bits per heavy atom. The van der Waals surface area contributed by atoms with Gasteiger partial charge in [-0.3, -0.25) is 4.79 Å². The third kappa shape index (κ3) is 3.76. The first-order valence-electron chi connectivity index (χ1n) is 8.42. The van der Waals surface area contributed by atoms with E-state index in [1.54, 1.807) is 24.3 Å². The first kappa shape index (κ1) is 18.9. The standard InChI is InChI=1S/C21H17FN4O2/c1-13-9-16(14(2)26(13)17-4-6-18(27)7-5-17)12-24-25-21(28)19-8-3-15(11-23)10-20(19)22/h3-10,12,27H,1-2H3,(H,25,28)/b24-12-. The third-order valence-electron chi connectivity index (χ3n) is 4.29. The molecule has 2 aromatic carbocycles. The van der Waals surface area contributed by atoms with Gasteiger partial charge in [-0.15, -0.1) is 0 Å². The summed E-state index contributed by atoms with van der Waals surface area (Å²) >= 11 is 0. The summed E-state index contributed by atoms with van der Waals surface area (Å²) in [6.45, 7) is 3.84. The Labute approximate surface area is 161 Å². The molecule has 0 aliphatic carbocycles. The number of nitrogens with zero attached hydrogens (tertiary/aromatic N) is 3. The van der Waals surface area contributed by atoms with E-state index in [2.05, 4.69) is 10.5 Å². The summed E-state index contributed by atoms with van der Waals surface area (Å²) in [6.07, 6.45) is 1.48. The van der Waals surface area contributed by atoms with Crippen molar-refractivity contribution >= 4 is 12.1 Å². The van der Waals surface area contributed by atoms with E-state index in [1.165, 1.54) is 18.3 Å². The molecule has 0 saturated carbocycles. The number of aryl methyl sites for hydroxylation is 1. The van der Waals surface area contributed by atoms with Crippen LogP contribution in [0.2, 0.25) is 0 Å². The summed E-state index contributed by atoms with van der Waals surface area (Å²) in [5, 5.41) is 22.1. The minimum atomic E-state index is -0.780. The van der Waals surface area contributed by atoms with E-state index in [0.717, 1.165) is 28.7 Å². The predicted octanol–water partition coefficient (Wildman–Crippen LogP) is 3.57. The molecule has 28 heavy (non-hydrogen) atoms. The molecule has 3 rings (SSSR count). The highest BCUT2D eigenvalue weighted by Gasteiger charge is 2.12. The van der Waals surface area contributed by atoms with Crippen LogP contribution >= 0.6 is 0 Å². The van der Waals surface area contributed by atoms with Crippen LogP contribution in [0.1, 0.15) is 32.9 Å². The second kappa shape index (κ2) is 7.76. The van der Waals surface area contributed by atoms with Crippen molar-refractivity contribution in [3.8, 4) is 17.5 Å². The number of hydrogen-bond acceptors (Lipinski definition) is 4. The van der Waals surface area contributed by atoms with Crippen LogP contribution in [0.5, 0.6) is 5.75 Å². The molecule has 0 bridgehead atoms. The number of hydrazone groups is 1. The summed E-state index contributed by atoms with van der Waals surface area (Å²) in [6, 6.07) is 14.1. The highest BCUT2D eigenvalue weighted by molar-refractivity contribution is 5.95. The van der Waals surface area contributed by atoms with Crippen LogP contribution < -0.4 is 5.43 Å². The molecular weight excluding hydrogens is 359 g/mol. The third-order valence-corrected chi connectivity index (χ3v) is 4.29. The molecule has 0 unspecified atom stereocenters. The first-order valence-corrected chi connectivity index (χ1v) is 8.42. The Bertz CT molecular complexity index is 1110. The molecule has 0 fully saturated rings. The van der Waals surface area contributed by atoms with E-state index >= 15 is 0 Å². The van der Waals surface area contributed by atoms with E-state index in [9.17, 15) is 14.3 Å². The maximum Gasteiger partial charge on any atom is 0.274 e. The molecule has 7 heteroatoms. The minimum absolute atomic E-state index is 0.138. The number of aromatic hydroxyl groups is 1. The molecule has 1 heterocycles. The highest BCUT2D eigenvalue weighted by Crippen LogP contribution is 2.21. The van der Waals surface area contributed by atoms with Crippen LogP contribution in [0.4, 0.5) is 4.39 Å². The fourth-order valence-electron chi connectivity index (χ4n) is 2.91. The molecule has 0 aliphatic heterocycles. The smallest absolute Gasteiger partial charge is 0.274 e. The van der Waals surface area contributed by atoms with E-state index in [0.29, 0.717) is 0 Å². The number of carbonyl (C=O) groups is 1. The van der Waals surface area contributed by atoms with Crippen molar-refractivity contribution in [1.82, 2.24) is 9.99 Å². The Hall–Kier alpha value is -3.92. The number of carbonyl (C=O) groups excluding carboxylic acids is 1. The van der Waals surface area contributed by atoms with Crippen LogP contribution in [-0.4, -0.2) is 21.8 Å². The van der Waals surface area contributed by atoms with Gasteiger partial charge in [0, 0.05) is 22.6 Å². The average molecular weight is 376 g/mol. The van der Waals surface area contributed by atoms with Gasteiger partial charge in [-0.1, -0.05) is 0 Å². The number of nitriles is 1. The molecule has 0 atom stereocenters. The van der Waals surface area contributed by atoms with Crippen LogP contribution in [0.3, 0.4) is 0 Å². The maximum atomic E-state index is 13.9. The molecule has 1 amide bonds. The molecule has 2 N–H and O–H groups in total. The second-order valence-electron chi connectivity index (χ2n) is 6.18. The molecule has 1 aromatic heterocycles. The zero-order valence-electron chi connectivity index (χ0n) is 15.3. The lowest BCUT2D eigenvalue weighted by molar-refractivity contribution is 0.0951. The second-order valence-corrected chi connectivity index (χ2v) is 6.18. The lowest BCUT2D eigenvalue weighted by Gasteiger charge is -2.09. The maximum absolute atomic E-state index is 13.9. The van der Waals surface area contributed by atoms with Crippen molar-refractivity contribution in [2.75, 3.05) is 0 Å². The van der Waals surface area contributed by atoms with E-state index in [4.69, 9.17) is 5.26 Å². The van der Waals surface area contributed by atoms with Crippen molar-refractivity contribution < 1.29 is 14.3 Å². The summed E-state index contributed by atoms with van der Waals surface area (Å²) in [7, 11) is 0. The van der Waals surface area contributed by atoms with Gasteiger partial charge in [-0.2, -0.15) is 10.4 Å². The normalized spacial score (nSPS) is 10.8. The van der Waals surface area contributed by atoms with Gasteiger partial charge >= 0.3 is 0 Å². The summed E-state index contributed by atoms with van der Waals surface area (Å²) < 4.78 is 15.9. The van der Waals surface area contributed by atoms with Gasteiger partial charge in [0.05, 0.1) is 23.4 Å². The minimum Gasteiger partial charge on any atom is -0.508 e. The Balaban J connectivity index is 1.78. The van der Waals surface area contributed by atoms with Crippen LogP contribution in [0, 0.1) is 31.0 Å². The number of aromatic nitrogens is 1. The first-order chi connectivity index (χ1) is 13.4. The average Bonchev–Trinajstić information content (AvgIpc) is 2.96. The Morgan fingerprint density at radius 1 is 1.21 bits per heavy atom. The number of halogens is 1. The van der Waals surface area contributed by atoms with Gasteiger partial charge in [-0.05, 0) is 62.4 Å². The fourth-order valence-corrected chi connectivity index (χ4v) is 2.91. The molecular formula is C21H17FN4O2. The van der Waals surface area contributed by atoms with Crippen molar-refractivity contribution in [2.24, 2.45) is 5.10 Å². The molecule has 6 nitrogen and oxygen atoms in total. The molecule has 0 spiro atoms. The van der Waals surface area contributed by atoms with Gasteiger partial charge < -0.3 is 9.67 Å². The van der Waals surface area contributed by atoms with Crippen molar-refractivity contribution in [1.29, 1.82) is 5.26 Å². The molecule has 3 aromatic rings. The monoisotopic (exact) mass is 376 g/mol. The highest BCUT2D eigenvalue weighted by atomic mass is 19.1. The SMILES string of the molecule is Cc1cc(/C=N\NC(=O)c2ccc(C#N)cc2F)c(C)n1-c1ccc(O)cc1. The fraction of sp³-hybridized carbons (Fsp3) is 0.0952.